The first-order valence-corrected chi connectivity index (χ1v) is 7.36. The van der Waals surface area contributed by atoms with Crippen LogP contribution < -0.4 is 0 Å². The summed E-state index contributed by atoms with van der Waals surface area (Å²) in [6.07, 6.45) is 1.69. The lowest BCUT2D eigenvalue weighted by molar-refractivity contribution is 0.572. The molecule has 0 saturated carbocycles. The second kappa shape index (κ2) is 5.19. The van der Waals surface area contributed by atoms with Gasteiger partial charge in [0.2, 0.25) is 0 Å². The number of rotatable bonds is 3. The van der Waals surface area contributed by atoms with Crippen molar-refractivity contribution in [1.29, 1.82) is 0 Å². The summed E-state index contributed by atoms with van der Waals surface area (Å²) in [5, 5.41) is 0. The van der Waals surface area contributed by atoms with E-state index in [1.54, 1.807) is 6.26 Å². The van der Waals surface area contributed by atoms with E-state index in [2.05, 4.69) is 41.8 Å². The van der Waals surface area contributed by atoms with Gasteiger partial charge in [-0.1, -0.05) is 42.0 Å². The minimum Gasteiger partial charge on any atom is -0.461 e. The Kier molecular flexibility index (Phi) is 3.04. The summed E-state index contributed by atoms with van der Waals surface area (Å²) in [5.74, 6) is 1.66. The molecule has 4 aromatic rings. The summed E-state index contributed by atoms with van der Waals surface area (Å²) in [7, 11) is 0. The fourth-order valence-corrected chi connectivity index (χ4v) is 2.82. The Labute approximate surface area is 128 Å². The topological polar surface area (TPSA) is 31.0 Å². The number of furan rings is 1. The SMILES string of the molecule is Cc1cccc(Cn2c(-c3ccco3)nc3ccccc32)c1. The molecule has 22 heavy (non-hydrogen) atoms. The number of para-hydroxylation sites is 2. The van der Waals surface area contributed by atoms with E-state index in [4.69, 9.17) is 9.40 Å². The van der Waals surface area contributed by atoms with Crippen LogP contribution in [0.4, 0.5) is 0 Å². The molecule has 108 valence electrons. The van der Waals surface area contributed by atoms with Gasteiger partial charge in [0.05, 0.1) is 17.3 Å². The number of aryl methyl sites for hydroxylation is 1. The molecule has 4 rings (SSSR count). The van der Waals surface area contributed by atoms with Crippen LogP contribution in [0.15, 0.2) is 71.3 Å². The average molecular weight is 288 g/mol. The normalized spacial score (nSPS) is 11.1. The first-order valence-electron chi connectivity index (χ1n) is 7.36. The van der Waals surface area contributed by atoms with Crippen LogP contribution in [0.2, 0.25) is 0 Å². The first-order chi connectivity index (χ1) is 10.8. The molecule has 0 bridgehead atoms. The summed E-state index contributed by atoms with van der Waals surface area (Å²) in [5.41, 5.74) is 4.63. The molecule has 0 aliphatic heterocycles. The molecule has 0 atom stereocenters. The molecule has 0 saturated heterocycles. The summed E-state index contributed by atoms with van der Waals surface area (Å²) < 4.78 is 7.78. The monoisotopic (exact) mass is 288 g/mol. The quantitative estimate of drug-likeness (QED) is 0.549. The van der Waals surface area contributed by atoms with Crippen molar-refractivity contribution in [2.45, 2.75) is 13.5 Å². The van der Waals surface area contributed by atoms with Crippen molar-refractivity contribution < 1.29 is 4.42 Å². The van der Waals surface area contributed by atoms with Gasteiger partial charge in [-0.05, 0) is 36.8 Å². The van der Waals surface area contributed by atoms with E-state index in [9.17, 15) is 0 Å². The van der Waals surface area contributed by atoms with Crippen LogP contribution in [-0.2, 0) is 6.54 Å². The van der Waals surface area contributed by atoms with Gasteiger partial charge < -0.3 is 8.98 Å². The van der Waals surface area contributed by atoms with Gasteiger partial charge in [-0.15, -0.1) is 0 Å². The van der Waals surface area contributed by atoms with E-state index in [0.717, 1.165) is 29.2 Å². The standard InChI is InChI=1S/C19H16N2O/c1-14-6-4-7-15(12-14)13-21-17-9-3-2-8-16(17)20-19(21)18-10-5-11-22-18/h2-12H,13H2,1H3. The zero-order chi connectivity index (χ0) is 14.9. The van der Waals surface area contributed by atoms with Crippen LogP contribution in [0.1, 0.15) is 11.1 Å². The highest BCUT2D eigenvalue weighted by molar-refractivity contribution is 5.79. The van der Waals surface area contributed by atoms with Gasteiger partial charge in [0, 0.05) is 6.54 Å². The Bertz CT molecular complexity index is 920. The lowest BCUT2D eigenvalue weighted by Gasteiger charge is -2.09. The minimum atomic E-state index is 0.776. The number of aromatic nitrogens is 2. The van der Waals surface area contributed by atoms with Gasteiger partial charge in [-0.25, -0.2) is 4.98 Å². The Hall–Kier alpha value is -2.81. The number of hydrogen-bond acceptors (Lipinski definition) is 2. The van der Waals surface area contributed by atoms with E-state index < -0.39 is 0 Å². The summed E-state index contributed by atoms with van der Waals surface area (Å²) in [6, 6.07) is 20.6. The largest absolute Gasteiger partial charge is 0.461 e. The fourth-order valence-electron chi connectivity index (χ4n) is 2.82. The second-order valence-electron chi connectivity index (χ2n) is 5.48. The number of nitrogens with zero attached hydrogens (tertiary/aromatic N) is 2. The molecule has 0 amide bonds. The summed E-state index contributed by atoms with van der Waals surface area (Å²) in [4.78, 5) is 4.74. The third-order valence-electron chi connectivity index (χ3n) is 3.82. The van der Waals surface area contributed by atoms with Crippen LogP contribution in [0, 0.1) is 6.92 Å². The number of benzene rings is 2. The van der Waals surface area contributed by atoms with Crippen LogP contribution in [-0.4, -0.2) is 9.55 Å². The molecule has 2 aromatic carbocycles. The van der Waals surface area contributed by atoms with Crippen LogP contribution in [0.3, 0.4) is 0 Å². The van der Waals surface area contributed by atoms with Gasteiger partial charge in [0.1, 0.15) is 0 Å². The molecule has 2 aromatic heterocycles. The maximum absolute atomic E-state index is 5.57. The molecule has 0 unspecified atom stereocenters. The van der Waals surface area contributed by atoms with Crippen molar-refractivity contribution in [3.05, 3.63) is 78.1 Å². The van der Waals surface area contributed by atoms with E-state index >= 15 is 0 Å². The molecular weight excluding hydrogens is 272 g/mol. The van der Waals surface area contributed by atoms with Crippen molar-refractivity contribution in [2.24, 2.45) is 0 Å². The van der Waals surface area contributed by atoms with Gasteiger partial charge in [0.15, 0.2) is 11.6 Å². The molecule has 3 nitrogen and oxygen atoms in total. The molecule has 0 N–H and O–H groups in total. The average Bonchev–Trinajstić information content (AvgIpc) is 3.15. The van der Waals surface area contributed by atoms with Crippen molar-refractivity contribution in [3.63, 3.8) is 0 Å². The number of imidazole rings is 1. The predicted molar refractivity (Wildman–Crippen MR) is 87.7 cm³/mol. The third kappa shape index (κ3) is 2.21. The molecule has 0 spiro atoms. The fraction of sp³-hybridized carbons (Fsp3) is 0.105. The van der Waals surface area contributed by atoms with Crippen LogP contribution >= 0.6 is 0 Å². The van der Waals surface area contributed by atoms with Gasteiger partial charge >= 0.3 is 0 Å². The lowest BCUT2D eigenvalue weighted by atomic mass is 10.1. The summed E-state index contributed by atoms with van der Waals surface area (Å²) >= 11 is 0. The van der Waals surface area contributed by atoms with Crippen molar-refractivity contribution in [1.82, 2.24) is 9.55 Å². The van der Waals surface area contributed by atoms with Crippen molar-refractivity contribution in [2.75, 3.05) is 0 Å². The van der Waals surface area contributed by atoms with Crippen LogP contribution in [0.5, 0.6) is 0 Å². The van der Waals surface area contributed by atoms with Crippen LogP contribution in [0.25, 0.3) is 22.6 Å². The predicted octanol–water partition coefficient (Wildman–Crippen LogP) is 4.65. The van der Waals surface area contributed by atoms with E-state index in [-0.39, 0.29) is 0 Å². The molecule has 2 heterocycles. The lowest BCUT2D eigenvalue weighted by Crippen LogP contribution is -2.02. The van der Waals surface area contributed by atoms with E-state index in [1.807, 2.05) is 30.3 Å². The van der Waals surface area contributed by atoms with Gasteiger partial charge in [-0.3, -0.25) is 0 Å². The maximum Gasteiger partial charge on any atom is 0.177 e. The Balaban J connectivity index is 1.89. The highest BCUT2D eigenvalue weighted by Gasteiger charge is 2.14. The first kappa shape index (κ1) is 12.9. The smallest absolute Gasteiger partial charge is 0.177 e. The highest BCUT2D eigenvalue weighted by Crippen LogP contribution is 2.26. The third-order valence-corrected chi connectivity index (χ3v) is 3.82. The molecule has 0 aliphatic rings. The summed E-state index contributed by atoms with van der Waals surface area (Å²) in [6.45, 7) is 2.89. The number of hydrogen-bond donors (Lipinski definition) is 0. The second-order valence-corrected chi connectivity index (χ2v) is 5.48. The van der Waals surface area contributed by atoms with Crippen molar-refractivity contribution in [3.8, 4) is 11.6 Å². The van der Waals surface area contributed by atoms with Gasteiger partial charge in [0.25, 0.3) is 0 Å². The highest BCUT2D eigenvalue weighted by atomic mass is 16.3. The van der Waals surface area contributed by atoms with E-state index in [0.29, 0.717) is 0 Å². The van der Waals surface area contributed by atoms with Crippen molar-refractivity contribution >= 4 is 11.0 Å². The number of fused-ring (bicyclic) bond motifs is 1. The molecular formula is C19H16N2O. The Morgan fingerprint density at radius 2 is 1.91 bits per heavy atom. The van der Waals surface area contributed by atoms with E-state index in [1.165, 1.54) is 11.1 Å². The Morgan fingerprint density at radius 3 is 2.73 bits per heavy atom. The Morgan fingerprint density at radius 1 is 1.00 bits per heavy atom. The maximum atomic E-state index is 5.57. The molecule has 0 fully saturated rings. The molecule has 0 aliphatic carbocycles. The van der Waals surface area contributed by atoms with Gasteiger partial charge in [-0.2, -0.15) is 0 Å². The zero-order valence-corrected chi connectivity index (χ0v) is 12.4. The zero-order valence-electron chi connectivity index (χ0n) is 12.4. The molecule has 0 radical (unpaired) electrons. The minimum absolute atomic E-state index is 0.776. The molecule has 3 heteroatoms.